The Morgan fingerprint density at radius 2 is 2.19 bits per heavy atom. The summed E-state index contributed by atoms with van der Waals surface area (Å²) in [6, 6.07) is 6.02. The lowest BCUT2D eigenvalue weighted by Crippen LogP contribution is -2.26. The Labute approximate surface area is 94.7 Å². The first-order valence-corrected chi connectivity index (χ1v) is 5.74. The van der Waals surface area contributed by atoms with E-state index in [4.69, 9.17) is 0 Å². The molecule has 84 valence electrons. The Hall–Kier alpha value is -1.35. The second-order valence-electron chi connectivity index (χ2n) is 4.80. The molecule has 1 aliphatic heterocycles. The van der Waals surface area contributed by atoms with Gasteiger partial charge in [0.05, 0.1) is 5.60 Å². The summed E-state index contributed by atoms with van der Waals surface area (Å²) in [5.41, 5.74) is 2.55. The minimum Gasteiger partial charge on any atom is -0.385 e. The number of nitrogens with zero attached hydrogens (tertiary/aromatic N) is 1. The first-order chi connectivity index (χ1) is 7.60. The van der Waals surface area contributed by atoms with Crippen LogP contribution in [0.5, 0.6) is 0 Å². The van der Waals surface area contributed by atoms with E-state index in [1.807, 2.05) is 18.2 Å². The first kappa shape index (κ1) is 9.85. The molecule has 0 aromatic heterocycles. The van der Waals surface area contributed by atoms with Crippen LogP contribution in [0.25, 0.3) is 0 Å². The Morgan fingerprint density at radius 3 is 2.81 bits per heavy atom. The molecular formula is C13H15NO2. The molecule has 3 nitrogen and oxygen atoms in total. The number of aliphatic hydroxyl groups is 1. The molecule has 0 atom stereocenters. The van der Waals surface area contributed by atoms with Gasteiger partial charge >= 0.3 is 0 Å². The van der Waals surface area contributed by atoms with Gasteiger partial charge in [-0.15, -0.1) is 0 Å². The lowest BCUT2D eigenvalue weighted by atomic mass is 10.0. The lowest BCUT2D eigenvalue weighted by Gasteiger charge is -2.17. The standard InChI is InChI=1S/C13H15NO2/c1-9(15)14-7-4-10-2-3-11(8-12(10)14)13(16)5-6-13/h2-3,8,16H,4-7H2,1H3. The maximum atomic E-state index is 11.4. The van der Waals surface area contributed by atoms with Crippen molar-refractivity contribution in [3.05, 3.63) is 29.3 Å². The van der Waals surface area contributed by atoms with Gasteiger partial charge in [-0.1, -0.05) is 12.1 Å². The summed E-state index contributed by atoms with van der Waals surface area (Å²) in [6.07, 6.45) is 2.60. The van der Waals surface area contributed by atoms with Crippen molar-refractivity contribution in [3.8, 4) is 0 Å². The number of carbonyl (C=O) groups is 1. The predicted octanol–water partition coefficient (Wildman–Crippen LogP) is 1.58. The van der Waals surface area contributed by atoms with E-state index in [0.717, 1.165) is 37.1 Å². The Balaban J connectivity index is 2.03. The number of rotatable bonds is 1. The number of hydrogen-bond donors (Lipinski definition) is 1. The van der Waals surface area contributed by atoms with Crippen LogP contribution < -0.4 is 4.90 Å². The zero-order valence-electron chi connectivity index (χ0n) is 9.36. The molecule has 1 aliphatic carbocycles. The third kappa shape index (κ3) is 1.35. The van der Waals surface area contributed by atoms with E-state index in [9.17, 15) is 9.90 Å². The zero-order chi connectivity index (χ0) is 11.3. The molecule has 0 radical (unpaired) electrons. The van der Waals surface area contributed by atoms with Gasteiger partial charge < -0.3 is 10.0 Å². The number of benzene rings is 1. The molecular weight excluding hydrogens is 202 g/mol. The quantitative estimate of drug-likeness (QED) is 0.775. The fourth-order valence-electron chi connectivity index (χ4n) is 2.40. The molecule has 3 heteroatoms. The molecule has 1 saturated carbocycles. The molecule has 0 unspecified atom stereocenters. The topological polar surface area (TPSA) is 40.5 Å². The van der Waals surface area contributed by atoms with Gasteiger partial charge in [0.1, 0.15) is 0 Å². The summed E-state index contributed by atoms with van der Waals surface area (Å²) in [7, 11) is 0. The van der Waals surface area contributed by atoms with Gasteiger partial charge in [0.15, 0.2) is 0 Å². The van der Waals surface area contributed by atoms with Gasteiger partial charge in [-0.05, 0) is 36.5 Å². The molecule has 2 aliphatic rings. The highest BCUT2D eigenvalue weighted by atomic mass is 16.3. The van der Waals surface area contributed by atoms with E-state index < -0.39 is 5.60 Å². The van der Waals surface area contributed by atoms with Gasteiger partial charge in [-0.3, -0.25) is 4.79 Å². The largest absolute Gasteiger partial charge is 0.385 e. The first-order valence-electron chi connectivity index (χ1n) is 5.74. The highest BCUT2D eigenvalue weighted by Gasteiger charge is 2.42. The van der Waals surface area contributed by atoms with E-state index >= 15 is 0 Å². The van der Waals surface area contributed by atoms with Crippen molar-refractivity contribution in [2.24, 2.45) is 0 Å². The summed E-state index contributed by atoms with van der Waals surface area (Å²) < 4.78 is 0. The van der Waals surface area contributed by atoms with Crippen molar-refractivity contribution < 1.29 is 9.90 Å². The lowest BCUT2D eigenvalue weighted by molar-refractivity contribution is -0.116. The molecule has 1 N–H and O–H groups in total. The average Bonchev–Trinajstić information content (AvgIpc) is 2.87. The van der Waals surface area contributed by atoms with E-state index in [1.54, 1.807) is 11.8 Å². The fourth-order valence-corrected chi connectivity index (χ4v) is 2.40. The van der Waals surface area contributed by atoms with Gasteiger partial charge in [0.25, 0.3) is 0 Å². The Bertz CT molecular complexity index is 463. The van der Waals surface area contributed by atoms with Crippen molar-refractivity contribution in [1.29, 1.82) is 0 Å². The minimum absolute atomic E-state index is 0.0821. The highest BCUT2D eigenvalue weighted by Crippen LogP contribution is 2.46. The van der Waals surface area contributed by atoms with Crippen molar-refractivity contribution in [2.75, 3.05) is 11.4 Å². The van der Waals surface area contributed by atoms with Crippen molar-refractivity contribution in [3.63, 3.8) is 0 Å². The molecule has 0 saturated heterocycles. The summed E-state index contributed by atoms with van der Waals surface area (Å²) in [5.74, 6) is 0.0821. The van der Waals surface area contributed by atoms with Gasteiger partial charge in [0.2, 0.25) is 5.91 Å². The maximum absolute atomic E-state index is 11.4. The fraction of sp³-hybridized carbons (Fsp3) is 0.462. The maximum Gasteiger partial charge on any atom is 0.223 e. The predicted molar refractivity (Wildman–Crippen MR) is 61.3 cm³/mol. The smallest absolute Gasteiger partial charge is 0.223 e. The number of anilines is 1. The molecule has 3 rings (SSSR count). The second kappa shape index (κ2) is 3.08. The Kier molecular flexibility index (Phi) is 1.89. The molecule has 1 heterocycles. The number of carbonyl (C=O) groups excluding carboxylic acids is 1. The highest BCUT2D eigenvalue weighted by molar-refractivity contribution is 5.93. The summed E-state index contributed by atoms with van der Waals surface area (Å²) in [5, 5.41) is 10.1. The second-order valence-corrected chi connectivity index (χ2v) is 4.80. The number of amides is 1. The van der Waals surface area contributed by atoms with E-state index in [0.29, 0.717) is 0 Å². The van der Waals surface area contributed by atoms with Crippen LogP contribution in [0.4, 0.5) is 5.69 Å². The van der Waals surface area contributed by atoms with Gasteiger partial charge in [-0.2, -0.15) is 0 Å². The van der Waals surface area contributed by atoms with E-state index in [2.05, 4.69) is 0 Å². The van der Waals surface area contributed by atoms with Crippen LogP contribution in [0.2, 0.25) is 0 Å². The van der Waals surface area contributed by atoms with Crippen LogP contribution in [0.1, 0.15) is 30.9 Å². The number of fused-ring (bicyclic) bond motifs is 1. The normalized spacial score (nSPS) is 20.8. The SMILES string of the molecule is CC(=O)N1CCc2ccc(C3(O)CC3)cc21. The average molecular weight is 217 g/mol. The van der Waals surface area contributed by atoms with Crippen LogP contribution >= 0.6 is 0 Å². The monoisotopic (exact) mass is 217 g/mol. The zero-order valence-corrected chi connectivity index (χ0v) is 9.36. The summed E-state index contributed by atoms with van der Waals surface area (Å²) in [6.45, 7) is 2.36. The Morgan fingerprint density at radius 1 is 1.44 bits per heavy atom. The van der Waals surface area contributed by atoms with E-state index in [-0.39, 0.29) is 5.91 Å². The number of hydrogen-bond acceptors (Lipinski definition) is 2. The molecule has 1 fully saturated rings. The molecule has 1 aromatic rings. The minimum atomic E-state index is -0.611. The molecule has 0 bridgehead atoms. The third-order valence-electron chi connectivity index (χ3n) is 3.62. The van der Waals surface area contributed by atoms with Crippen LogP contribution in [0, 0.1) is 0 Å². The van der Waals surface area contributed by atoms with Crippen LogP contribution in [0.15, 0.2) is 18.2 Å². The van der Waals surface area contributed by atoms with Crippen molar-refractivity contribution in [1.82, 2.24) is 0 Å². The van der Waals surface area contributed by atoms with Crippen LogP contribution in [-0.4, -0.2) is 17.6 Å². The van der Waals surface area contributed by atoms with Gasteiger partial charge in [-0.25, -0.2) is 0 Å². The van der Waals surface area contributed by atoms with E-state index in [1.165, 1.54) is 5.56 Å². The van der Waals surface area contributed by atoms with Gasteiger partial charge in [0, 0.05) is 19.2 Å². The van der Waals surface area contributed by atoms with Crippen molar-refractivity contribution >= 4 is 11.6 Å². The third-order valence-corrected chi connectivity index (χ3v) is 3.62. The molecule has 1 amide bonds. The molecule has 16 heavy (non-hydrogen) atoms. The molecule has 0 spiro atoms. The summed E-state index contributed by atoms with van der Waals surface area (Å²) >= 11 is 0. The van der Waals surface area contributed by atoms with Crippen LogP contribution in [0.3, 0.4) is 0 Å². The van der Waals surface area contributed by atoms with Crippen LogP contribution in [-0.2, 0) is 16.8 Å². The molecule has 1 aromatic carbocycles. The summed E-state index contributed by atoms with van der Waals surface area (Å²) in [4.78, 5) is 13.2. The van der Waals surface area contributed by atoms with Crippen molar-refractivity contribution in [2.45, 2.75) is 31.8 Å².